The maximum absolute atomic E-state index is 13.1. The van der Waals surface area contributed by atoms with Crippen molar-refractivity contribution in [2.75, 3.05) is 0 Å². The molecule has 0 saturated heterocycles. The summed E-state index contributed by atoms with van der Waals surface area (Å²) >= 11 is 0. The van der Waals surface area contributed by atoms with Crippen molar-refractivity contribution in [1.29, 1.82) is 0 Å². The third-order valence-electron chi connectivity index (χ3n) is 3.81. The maximum atomic E-state index is 13.1. The van der Waals surface area contributed by atoms with E-state index in [4.69, 9.17) is 10.5 Å². The molecule has 0 unspecified atom stereocenters. The van der Waals surface area contributed by atoms with Gasteiger partial charge in [0.05, 0.1) is 0 Å². The summed E-state index contributed by atoms with van der Waals surface area (Å²) in [6, 6.07) is 5.16. The van der Waals surface area contributed by atoms with E-state index in [1.165, 1.54) is 12.1 Å². The summed E-state index contributed by atoms with van der Waals surface area (Å²) in [7, 11) is 0. The predicted octanol–water partition coefficient (Wildman–Crippen LogP) is 2.40. The second kappa shape index (κ2) is 3.45. The second-order valence-corrected chi connectivity index (χ2v) is 5.05. The Hall–Kier alpha value is -1.09. The van der Waals surface area contributed by atoms with Gasteiger partial charge in [-0.15, -0.1) is 0 Å². The summed E-state index contributed by atoms with van der Waals surface area (Å²) in [5.74, 6) is 0.513. The summed E-state index contributed by atoms with van der Waals surface area (Å²) in [6.45, 7) is 0. The highest BCUT2D eigenvalue weighted by Gasteiger charge is 2.41. The Morgan fingerprint density at radius 3 is 2.81 bits per heavy atom. The van der Waals surface area contributed by atoms with Crippen molar-refractivity contribution >= 4 is 0 Å². The predicted molar refractivity (Wildman–Crippen MR) is 59.9 cm³/mol. The average molecular weight is 221 g/mol. The highest BCUT2D eigenvalue weighted by Crippen LogP contribution is 2.43. The van der Waals surface area contributed by atoms with Gasteiger partial charge in [-0.05, 0) is 37.3 Å². The van der Waals surface area contributed by atoms with Crippen LogP contribution in [-0.4, -0.2) is 11.6 Å². The minimum Gasteiger partial charge on any atom is -0.487 e. The average Bonchev–Trinajstić information content (AvgIpc) is 2.60. The molecule has 1 heterocycles. The number of ether oxygens (including phenoxy) is 1. The Balaban J connectivity index is 1.84. The first-order chi connectivity index (χ1) is 7.67. The van der Waals surface area contributed by atoms with Gasteiger partial charge in [-0.2, -0.15) is 0 Å². The number of fused-ring (bicyclic) bond motifs is 1. The molecule has 0 atom stereocenters. The number of rotatable bonds is 0. The van der Waals surface area contributed by atoms with Gasteiger partial charge in [-0.25, -0.2) is 4.39 Å². The van der Waals surface area contributed by atoms with Gasteiger partial charge in [-0.3, -0.25) is 0 Å². The van der Waals surface area contributed by atoms with Crippen LogP contribution >= 0.6 is 0 Å². The van der Waals surface area contributed by atoms with Gasteiger partial charge in [0, 0.05) is 18.5 Å². The highest BCUT2D eigenvalue weighted by atomic mass is 19.1. The molecule has 1 saturated carbocycles. The van der Waals surface area contributed by atoms with Crippen molar-refractivity contribution in [1.82, 2.24) is 0 Å². The largest absolute Gasteiger partial charge is 0.487 e. The zero-order valence-electron chi connectivity index (χ0n) is 9.21. The molecule has 0 radical (unpaired) electrons. The zero-order chi connectivity index (χ0) is 11.2. The molecule has 2 aliphatic rings. The Morgan fingerprint density at radius 1 is 1.31 bits per heavy atom. The van der Waals surface area contributed by atoms with E-state index >= 15 is 0 Å². The molecule has 16 heavy (non-hydrogen) atoms. The molecule has 1 aliphatic carbocycles. The van der Waals surface area contributed by atoms with Crippen molar-refractivity contribution in [3.8, 4) is 5.75 Å². The van der Waals surface area contributed by atoms with E-state index in [2.05, 4.69) is 0 Å². The lowest BCUT2D eigenvalue weighted by Crippen LogP contribution is -2.42. The van der Waals surface area contributed by atoms with E-state index in [0.717, 1.165) is 43.4 Å². The number of hydrogen-bond donors (Lipinski definition) is 1. The lowest BCUT2D eigenvalue weighted by Gasteiger charge is -2.35. The fraction of sp³-hybridized carbons (Fsp3) is 0.538. The van der Waals surface area contributed by atoms with Gasteiger partial charge in [0.1, 0.15) is 17.2 Å². The summed E-state index contributed by atoms with van der Waals surface area (Å²) in [5, 5.41) is 0. The van der Waals surface area contributed by atoms with Crippen molar-refractivity contribution in [3.05, 3.63) is 29.6 Å². The maximum Gasteiger partial charge on any atom is 0.126 e. The third kappa shape index (κ3) is 1.59. The normalized spacial score (nSPS) is 32.5. The van der Waals surface area contributed by atoms with E-state index in [9.17, 15) is 4.39 Å². The van der Waals surface area contributed by atoms with Crippen LogP contribution in [0.5, 0.6) is 5.75 Å². The summed E-state index contributed by atoms with van der Waals surface area (Å²) < 4.78 is 19.0. The number of halogens is 1. The monoisotopic (exact) mass is 221 g/mol. The van der Waals surface area contributed by atoms with Crippen LogP contribution in [0, 0.1) is 5.82 Å². The molecule has 0 aromatic heterocycles. The minimum atomic E-state index is -0.219. The van der Waals surface area contributed by atoms with Gasteiger partial charge in [-0.1, -0.05) is 6.07 Å². The van der Waals surface area contributed by atoms with Gasteiger partial charge in [0.15, 0.2) is 0 Å². The quantitative estimate of drug-likeness (QED) is 0.730. The smallest absolute Gasteiger partial charge is 0.126 e. The Morgan fingerprint density at radius 2 is 2.06 bits per heavy atom. The molecule has 2 nitrogen and oxygen atoms in total. The van der Waals surface area contributed by atoms with Gasteiger partial charge in [0.25, 0.3) is 0 Å². The number of benzene rings is 1. The molecule has 1 fully saturated rings. The van der Waals surface area contributed by atoms with E-state index in [0.29, 0.717) is 6.04 Å². The first-order valence-electron chi connectivity index (χ1n) is 5.90. The lowest BCUT2D eigenvalue weighted by molar-refractivity contribution is 0.0473. The van der Waals surface area contributed by atoms with Crippen molar-refractivity contribution in [2.45, 2.75) is 43.7 Å². The third-order valence-corrected chi connectivity index (χ3v) is 3.81. The molecule has 2 N–H and O–H groups in total. The SMILES string of the molecule is NC1CCC2(CC1)Cc1ccc(F)cc1O2. The van der Waals surface area contributed by atoms with Gasteiger partial charge >= 0.3 is 0 Å². The van der Waals surface area contributed by atoms with E-state index < -0.39 is 0 Å². The minimum absolute atomic E-state index is 0.0913. The van der Waals surface area contributed by atoms with E-state index in [1.807, 2.05) is 6.07 Å². The van der Waals surface area contributed by atoms with Crippen LogP contribution in [0.2, 0.25) is 0 Å². The Kier molecular flexibility index (Phi) is 2.18. The van der Waals surface area contributed by atoms with Crippen molar-refractivity contribution in [3.63, 3.8) is 0 Å². The molecule has 1 aromatic carbocycles. The first-order valence-corrected chi connectivity index (χ1v) is 5.90. The number of nitrogens with two attached hydrogens (primary N) is 1. The van der Waals surface area contributed by atoms with E-state index in [-0.39, 0.29) is 11.4 Å². The summed E-state index contributed by atoms with van der Waals surface area (Å²) in [4.78, 5) is 0. The standard InChI is InChI=1S/C13H16FNO/c14-10-2-1-9-8-13(16-12(9)7-10)5-3-11(15)4-6-13/h1-2,7,11H,3-6,8,15H2. The fourth-order valence-electron chi connectivity index (χ4n) is 2.83. The lowest BCUT2D eigenvalue weighted by atomic mass is 9.80. The topological polar surface area (TPSA) is 35.2 Å². The molecule has 3 heteroatoms. The van der Waals surface area contributed by atoms with E-state index in [1.54, 1.807) is 0 Å². The number of hydrogen-bond acceptors (Lipinski definition) is 2. The van der Waals surface area contributed by atoms with Crippen LogP contribution in [0.15, 0.2) is 18.2 Å². The van der Waals surface area contributed by atoms with Gasteiger partial charge < -0.3 is 10.5 Å². The molecule has 1 spiro atoms. The van der Waals surface area contributed by atoms with Crippen molar-refractivity contribution in [2.24, 2.45) is 5.73 Å². The second-order valence-electron chi connectivity index (χ2n) is 5.05. The van der Waals surface area contributed by atoms with Crippen LogP contribution in [0.25, 0.3) is 0 Å². The summed E-state index contributed by atoms with van der Waals surface area (Å²) in [5.41, 5.74) is 6.94. The summed E-state index contributed by atoms with van der Waals surface area (Å²) in [6.07, 6.45) is 4.91. The first kappa shape index (κ1) is 10.1. The molecular weight excluding hydrogens is 205 g/mol. The molecule has 1 aromatic rings. The van der Waals surface area contributed by atoms with Crippen LogP contribution in [0.4, 0.5) is 4.39 Å². The zero-order valence-corrected chi connectivity index (χ0v) is 9.21. The molecule has 1 aliphatic heterocycles. The Labute approximate surface area is 94.6 Å². The van der Waals surface area contributed by atoms with Gasteiger partial charge in [0.2, 0.25) is 0 Å². The highest BCUT2D eigenvalue weighted by molar-refractivity contribution is 5.39. The fourth-order valence-corrected chi connectivity index (χ4v) is 2.83. The molecule has 0 bridgehead atoms. The van der Waals surface area contributed by atoms with Crippen LogP contribution < -0.4 is 10.5 Å². The molecule has 3 rings (SSSR count). The molecular formula is C13H16FNO. The Bertz CT molecular complexity index is 410. The molecule has 0 amide bonds. The van der Waals surface area contributed by atoms with Crippen LogP contribution in [-0.2, 0) is 6.42 Å². The van der Waals surface area contributed by atoms with Crippen LogP contribution in [0.1, 0.15) is 31.2 Å². The van der Waals surface area contributed by atoms with Crippen LogP contribution in [0.3, 0.4) is 0 Å². The molecule has 86 valence electrons. The van der Waals surface area contributed by atoms with Crippen molar-refractivity contribution < 1.29 is 9.13 Å².